The summed E-state index contributed by atoms with van der Waals surface area (Å²) in [5.74, 6) is 0. The molecule has 0 saturated heterocycles. The van der Waals surface area contributed by atoms with Crippen LogP contribution < -0.4 is 94.1 Å². The van der Waals surface area contributed by atoms with Crippen LogP contribution in [0.5, 0.6) is 0 Å². The smallest absolute Gasteiger partial charge is 0.282 e. The third kappa shape index (κ3) is 262. The Kier molecular flexibility index (Phi) is 39.7. The normalized spacial score (nSPS) is 8.31. The Morgan fingerprint density at radius 3 is 0.385 bits per heavy atom. The van der Waals surface area contributed by atoms with Gasteiger partial charge in [0.05, 0.1) is 0 Å². The third-order valence-electron chi connectivity index (χ3n) is 0. The first kappa shape index (κ1) is 25.1. The van der Waals surface area contributed by atoms with Crippen LogP contribution in [-0.4, -0.2) is 0 Å². The summed E-state index contributed by atoms with van der Waals surface area (Å²) in [6, 6.07) is 0. The van der Waals surface area contributed by atoms with Crippen LogP contribution in [-0.2, 0) is 0 Å². The van der Waals surface area contributed by atoms with Crippen LogP contribution in [0.4, 0.5) is 0 Å². The molecule has 0 fully saturated rings. The maximum Gasteiger partial charge on any atom is 0.282 e. The molecule has 0 aliphatic rings. The Balaban J connectivity index is -0.0000000450. The Hall–Kier alpha value is 3.17. The van der Waals surface area contributed by atoms with E-state index < -0.39 is 63.2 Å². The van der Waals surface area contributed by atoms with Gasteiger partial charge >= 0.3 is 0 Å². The van der Waals surface area contributed by atoms with Crippen molar-refractivity contribution in [3.63, 3.8) is 0 Å². The zero-order valence-corrected chi connectivity index (χ0v) is 14.3. The number of hydrogen-bond donors (Lipinski definition) is 0. The molecule has 0 aromatic heterocycles. The molecule has 0 aliphatic heterocycles. The summed E-state index contributed by atoms with van der Waals surface area (Å²) < 4.78 is 77.2. The summed E-state index contributed by atoms with van der Waals surface area (Å²) in [5, 5.41) is 0. The van der Waals surface area contributed by atoms with E-state index in [-0.39, 0.29) is 40.4 Å². The van der Waals surface area contributed by atoms with Gasteiger partial charge in [0.25, 0.3) is 63.2 Å². The number of rotatable bonds is 0. The fourth-order valence-electron chi connectivity index (χ4n) is 0. The molecule has 13 heteroatoms. The molecular weight excluding hydrogens is 675 g/mol. The van der Waals surface area contributed by atoms with Gasteiger partial charge in [-0.15, -0.1) is 0 Å². The third-order valence-corrected chi connectivity index (χ3v) is 0. The van der Waals surface area contributed by atoms with E-state index in [1.54, 1.807) is 0 Å². The first-order chi connectivity index (χ1) is 5.20. The molecule has 84 valence electrons. The Morgan fingerprint density at radius 2 is 0.385 bits per heavy atom. The summed E-state index contributed by atoms with van der Waals surface area (Å²) in [4.78, 5) is 0. The molecule has 0 atom stereocenters. The van der Waals surface area contributed by atoms with Crippen LogP contribution in [0.2, 0.25) is 0 Å². The topological polar surface area (TPSA) is 208 Å². The van der Waals surface area contributed by atoms with Crippen LogP contribution in [0.3, 0.4) is 0 Å². The van der Waals surface area contributed by atoms with E-state index >= 15 is 0 Å². The van der Waals surface area contributed by atoms with E-state index in [0.29, 0.717) is 0 Å². The van der Waals surface area contributed by atoms with Gasteiger partial charge in [-0.3, -0.25) is 0 Å². The van der Waals surface area contributed by atoms with Gasteiger partial charge < -0.3 is 30.9 Å². The summed E-state index contributed by atoms with van der Waals surface area (Å²) in [6.45, 7) is 0. The minimum Gasteiger partial charge on any atom is -0.427 e. The van der Waals surface area contributed by atoms with Gasteiger partial charge in [-0.05, 0) is 0 Å². The van der Waals surface area contributed by atoms with Crippen molar-refractivity contribution in [1.82, 2.24) is 0 Å². The SMILES string of the molecule is [O-][I+2]([O-])[O-].[O-][I+2]([O-])[O-].[O-][I+2]([O-])[O-].[Sm]. The van der Waals surface area contributed by atoms with Crippen molar-refractivity contribution in [3.8, 4) is 0 Å². The monoisotopic (exact) mass is 677 g/mol. The van der Waals surface area contributed by atoms with Crippen molar-refractivity contribution in [3.05, 3.63) is 0 Å². The van der Waals surface area contributed by atoms with Gasteiger partial charge in [0, 0.05) is 40.4 Å². The van der Waals surface area contributed by atoms with Crippen molar-refractivity contribution in [2.45, 2.75) is 0 Å². The molecule has 13 heavy (non-hydrogen) atoms. The van der Waals surface area contributed by atoms with E-state index in [9.17, 15) is 0 Å². The van der Waals surface area contributed by atoms with E-state index in [1.165, 1.54) is 0 Å². The molecule has 0 rings (SSSR count). The van der Waals surface area contributed by atoms with Crippen molar-refractivity contribution < 1.29 is 135 Å². The van der Waals surface area contributed by atoms with E-state index in [2.05, 4.69) is 0 Å². The molecule has 0 radical (unpaired) electrons. The number of halogens is 3. The van der Waals surface area contributed by atoms with Crippen LogP contribution in [0, 0.1) is 40.4 Å². The van der Waals surface area contributed by atoms with Gasteiger partial charge in [0.15, 0.2) is 0 Å². The van der Waals surface area contributed by atoms with E-state index in [0.717, 1.165) is 0 Å². The maximum absolute atomic E-state index is 8.57. The second-order valence-corrected chi connectivity index (χ2v) is 3.80. The van der Waals surface area contributed by atoms with E-state index in [1.807, 2.05) is 0 Å². The van der Waals surface area contributed by atoms with Gasteiger partial charge in [-0.25, -0.2) is 0 Å². The van der Waals surface area contributed by atoms with Gasteiger partial charge in [0.1, 0.15) is 0 Å². The predicted molar refractivity (Wildman–Crippen MR) is 0 cm³/mol. The van der Waals surface area contributed by atoms with Crippen molar-refractivity contribution >= 4 is 0 Å². The molecule has 0 unspecified atom stereocenters. The molecule has 0 aliphatic carbocycles. The minimum absolute atomic E-state index is 0. The van der Waals surface area contributed by atoms with Gasteiger partial charge in [0.2, 0.25) is 0 Å². The molecular formula is I3O9Sm-3. The maximum atomic E-state index is 8.57. The molecule has 0 aromatic carbocycles. The Labute approximate surface area is 132 Å². The fourth-order valence-corrected chi connectivity index (χ4v) is 0. The summed E-state index contributed by atoms with van der Waals surface area (Å²) in [6.07, 6.45) is 0. The quantitative estimate of drug-likeness (QED) is 0.223. The van der Waals surface area contributed by atoms with Crippen molar-refractivity contribution in [2.24, 2.45) is 0 Å². The average molecular weight is 675 g/mol. The van der Waals surface area contributed by atoms with Crippen LogP contribution in [0.15, 0.2) is 0 Å². The molecule has 0 heterocycles. The first-order valence-corrected chi connectivity index (χ1v) is 9.32. The zero-order valence-electron chi connectivity index (χ0n) is 5.22. The Morgan fingerprint density at radius 1 is 0.385 bits per heavy atom. The fraction of sp³-hybridized carbons (Fsp3) is 0. The largest absolute Gasteiger partial charge is 0.427 e. The summed E-state index contributed by atoms with van der Waals surface area (Å²) in [7, 11) is 0. The van der Waals surface area contributed by atoms with Crippen LogP contribution >= 0.6 is 0 Å². The minimum atomic E-state index is -4.01. The summed E-state index contributed by atoms with van der Waals surface area (Å²) >= 11 is -12.0. The molecule has 0 amide bonds. The second kappa shape index (κ2) is 20.6. The number of hydrogen-bond acceptors (Lipinski definition) is 9. The summed E-state index contributed by atoms with van der Waals surface area (Å²) in [5.41, 5.74) is 0. The second-order valence-electron chi connectivity index (χ2n) is 0.567. The predicted octanol–water partition coefficient (Wildman–Crippen LogP) is -19.7. The Bertz CT molecular complexity index is 43.4. The average Bonchev–Trinajstić information content (AvgIpc) is 1.54. The van der Waals surface area contributed by atoms with Crippen LogP contribution in [0.1, 0.15) is 0 Å². The van der Waals surface area contributed by atoms with Gasteiger partial charge in [-0.2, -0.15) is 0 Å². The van der Waals surface area contributed by atoms with Crippen molar-refractivity contribution in [1.29, 1.82) is 0 Å². The first-order valence-electron chi connectivity index (χ1n) is 1.39. The molecule has 0 spiro atoms. The molecule has 0 aromatic rings. The molecule has 9 nitrogen and oxygen atoms in total. The molecule has 0 saturated carbocycles. The van der Waals surface area contributed by atoms with E-state index in [4.69, 9.17) is 30.9 Å². The molecule has 0 N–H and O–H groups in total. The standard InChI is InChI=1S/3IO3.Sm/c3*2-1(3)4;/q3*-1;. The van der Waals surface area contributed by atoms with Crippen molar-refractivity contribution in [2.75, 3.05) is 0 Å². The van der Waals surface area contributed by atoms with Crippen LogP contribution in [0.25, 0.3) is 0 Å². The molecule has 0 bridgehead atoms. The zero-order chi connectivity index (χ0) is 10.7. The van der Waals surface area contributed by atoms with Gasteiger partial charge in [-0.1, -0.05) is 0 Å².